The van der Waals surface area contributed by atoms with Crippen molar-refractivity contribution in [3.63, 3.8) is 0 Å². The molecular formula is C14H21N3O3. The molecule has 1 atom stereocenters. The van der Waals surface area contributed by atoms with E-state index in [9.17, 15) is 4.79 Å². The zero-order chi connectivity index (χ0) is 14.5. The minimum atomic E-state index is -0.352. The lowest BCUT2D eigenvalue weighted by atomic mass is 10.1. The van der Waals surface area contributed by atoms with Gasteiger partial charge in [-0.1, -0.05) is 0 Å². The molecule has 0 radical (unpaired) electrons. The molecule has 20 heavy (non-hydrogen) atoms. The normalized spacial score (nSPS) is 18.9. The van der Waals surface area contributed by atoms with E-state index >= 15 is 0 Å². The van der Waals surface area contributed by atoms with E-state index in [4.69, 9.17) is 9.84 Å². The molecule has 1 unspecified atom stereocenters. The van der Waals surface area contributed by atoms with Crippen LogP contribution in [0.1, 0.15) is 18.1 Å². The number of aliphatic hydroxyl groups is 1. The first-order valence-corrected chi connectivity index (χ1v) is 6.85. The Bertz CT molecular complexity index is 479. The first kappa shape index (κ1) is 14.7. The van der Waals surface area contributed by atoms with E-state index in [1.807, 2.05) is 24.8 Å². The Morgan fingerprint density at radius 2 is 2.45 bits per heavy atom. The van der Waals surface area contributed by atoms with Gasteiger partial charge in [0, 0.05) is 19.3 Å². The van der Waals surface area contributed by atoms with Gasteiger partial charge in [0.25, 0.3) is 0 Å². The summed E-state index contributed by atoms with van der Waals surface area (Å²) in [5.74, 6) is 0.737. The van der Waals surface area contributed by atoms with Crippen LogP contribution in [-0.2, 0) is 16.1 Å². The van der Waals surface area contributed by atoms with Crippen LogP contribution in [0, 0.1) is 6.92 Å². The van der Waals surface area contributed by atoms with Gasteiger partial charge in [0.05, 0.1) is 19.8 Å². The fourth-order valence-corrected chi connectivity index (χ4v) is 2.38. The predicted molar refractivity (Wildman–Crippen MR) is 75.5 cm³/mol. The lowest BCUT2D eigenvalue weighted by Gasteiger charge is -2.36. The van der Waals surface area contributed by atoms with Gasteiger partial charge in [-0.2, -0.15) is 0 Å². The molecule has 0 aliphatic carbocycles. The van der Waals surface area contributed by atoms with E-state index in [2.05, 4.69) is 10.3 Å². The molecule has 2 N–H and O–H groups in total. The monoisotopic (exact) mass is 279 g/mol. The third kappa shape index (κ3) is 3.08. The molecule has 0 spiro atoms. The summed E-state index contributed by atoms with van der Waals surface area (Å²) in [6.07, 6.45) is 1.65. The zero-order valence-electron chi connectivity index (χ0n) is 11.9. The third-order valence-electron chi connectivity index (χ3n) is 3.34. The van der Waals surface area contributed by atoms with Crippen molar-refractivity contribution in [2.45, 2.75) is 26.5 Å². The number of hydrogen-bond donors (Lipinski definition) is 2. The minimum absolute atomic E-state index is 0.0308. The number of aryl methyl sites for hydroxylation is 1. The maximum absolute atomic E-state index is 12.1. The fraction of sp³-hybridized carbons (Fsp3) is 0.571. The number of pyridine rings is 1. The summed E-state index contributed by atoms with van der Waals surface area (Å²) in [5, 5.41) is 12.0. The Hall–Kier alpha value is -1.66. The summed E-state index contributed by atoms with van der Waals surface area (Å²) in [5.41, 5.74) is 1.72. The lowest BCUT2D eigenvalue weighted by Crippen LogP contribution is -2.54. The predicted octanol–water partition coefficient (Wildman–Crippen LogP) is 0.224. The van der Waals surface area contributed by atoms with Gasteiger partial charge < -0.3 is 20.1 Å². The number of nitrogens with one attached hydrogen (secondary N) is 1. The molecule has 1 aromatic heterocycles. The number of aromatic nitrogens is 1. The highest BCUT2D eigenvalue weighted by Crippen LogP contribution is 2.22. The van der Waals surface area contributed by atoms with Crippen LogP contribution in [0.15, 0.2) is 12.3 Å². The van der Waals surface area contributed by atoms with E-state index in [1.165, 1.54) is 0 Å². The molecule has 1 saturated heterocycles. The molecule has 2 heterocycles. The number of amides is 1. The van der Waals surface area contributed by atoms with Gasteiger partial charge in [-0.25, -0.2) is 4.98 Å². The fourth-order valence-electron chi connectivity index (χ4n) is 2.38. The average Bonchev–Trinajstić information content (AvgIpc) is 2.47. The first-order chi connectivity index (χ1) is 9.67. The smallest absolute Gasteiger partial charge is 0.245 e. The molecule has 1 aliphatic heterocycles. The number of nitrogens with zero attached hydrogens (tertiary/aromatic N) is 2. The van der Waals surface area contributed by atoms with Crippen LogP contribution < -0.4 is 10.2 Å². The van der Waals surface area contributed by atoms with Crippen LogP contribution in [0.4, 0.5) is 5.82 Å². The number of anilines is 1. The zero-order valence-corrected chi connectivity index (χ0v) is 11.9. The van der Waals surface area contributed by atoms with E-state index in [-0.39, 0.29) is 18.6 Å². The molecule has 6 nitrogen and oxygen atoms in total. The molecule has 0 saturated carbocycles. The summed E-state index contributed by atoms with van der Waals surface area (Å²) in [7, 11) is 0. The van der Waals surface area contributed by atoms with E-state index in [1.54, 1.807) is 6.20 Å². The maximum atomic E-state index is 12.1. The molecule has 6 heteroatoms. The third-order valence-corrected chi connectivity index (χ3v) is 3.34. The summed E-state index contributed by atoms with van der Waals surface area (Å²) in [6.45, 7) is 5.98. The number of carbonyl (C=O) groups excluding carboxylic acids is 1. The van der Waals surface area contributed by atoms with E-state index < -0.39 is 0 Å². The topological polar surface area (TPSA) is 74.7 Å². The van der Waals surface area contributed by atoms with Crippen LogP contribution in [0.2, 0.25) is 0 Å². The highest BCUT2D eigenvalue weighted by atomic mass is 16.5. The summed E-state index contributed by atoms with van der Waals surface area (Å²) >= 11 is 0. The summed E-state index contributed by atoms with van der Waals surface area (Å²) in [6, 6.07) is 1.54. The van der Waals surface area contributed by atoms with E-state index in [0.717, 1.165) is 16.9 Å². The van der Waals surface area contributed by atoms with Gasteiger partial charge in [-0.3, -0.25) is 4.79 Å². The highest BCUT2D eigenvalue weighted by Gasteiger charge is 2.30. The molecule has 1 aliphatic rings. The lowest BCUT2D eigenvalue weighted by molar-refractivity contribution is -0.124. The molecule has 0 bridgehead atoms. The molecular weight excluding hydrogens is 258 g/mol. The number of likely N-dealkylation sites (N-methyl/N-ethyl adjacent to an activating group) is 1. The number of rotatable bonds is 4. The second kappa shape index (κ2) is 6.67. The second-order valence-corrected chi connectivity index (χ2v) is 4.82. The Labute approximate surface area is 118 Å². The van der Waals surface area contributed by atoms with Crippen LogP contribution in [0.5, 0.6) is 0 Å². The van der Waals surface area contributed by atoms with Gasteiger partial charge in [-0.05, 0) is 31.0 Å². The number of ether oxygens (including phenoxy) is 1. The average molecular weight is 279 g/mol. The van der Waals surface area contributed by atoms with Crippen molar-refractivity contribution in [3.05, 3.63) is 23.4 Å². The van der Waals surface area contributed by atoms with Gasteiger partial charge in [0.1, 0.15) is 11.9 Å². The van der Waals surface area contributed by atoms with Crippen molar-refractivity contribution >= 4 is 11.7 Å². The number of morpholine rings is 1. The largest absolute Gasteiger partial charge is 0.392 e. The molecule has 1 fully saturated rings. The van der Waals surface area contributed by atoms with Gasteiger partial charge >= 0.3 is 0 Å². The van der Waals surface area contributed by atoms with Gasteiger partial charge in [-0.15, -0.1) is 0 Å². The van der Waals surface area contributed by atoms with Crippen LogP contribution >= 0.6 is 0 Å². The number of carbonyl (C=O) groups is 1. The minimum Gasteiger partial charge on any atom is -0.392 e. The van der Waals surface area contributed by atoms with Gasteiger partial charge in [0.2, 0.25) is 5.91 Å². The SMILES string of the molecule is CCNC(=O)C1COCCN1c1ncc(CO)cc1C. The van der Waals surface area contributed by atoms with Crippen molar-refractivity contribution in [1.29, 1.82) is 0 Å². The highest BCUT2D eigenvalue weighted by molar-refractivity contribution is 5.85. The summed E-state index contributed by atoms with van der Waals surface area (Å²) < 4.78 is 5.42. The standard InChI is InChI=1S/C14H21N3O3/c1-3-15-14(19)12-9-20-5-4-17(12)13-10(2)6-11(8-18)7-16-13/h6-7,12,18H,3-5,8-9H2,1-2H3,(H,15,19). The Balaban J connectivity index is 2.25. The summed E-state index contributed by atoms with van der Waals surface area (Å²) in [4.78, 5) is 18.5. The number of hydrogen-bond acceptors (Lipinski definition) is 5. The molecule has 1 aromatic rings. The molecule has 2 rings (SSSR count). The van der Waals surface area contributed by atoms with Crippen molar-refractivity contribution in [3.8, 4) is 0 Å². The molecule has 110 valence electrons. The van der Waals surface area contributed by atoms with Crippen molar-refractivity contribution < 1.29 is 14.6 Å². The Kier molecular flexibility index (Phi) is 4.92. The van der Waals surface area contributed by atoms with Crippen molar-refractivity contribution in [2.24, 2.45) is 0 Å². The Morgan fingerprint density at radius 3 is 3.10 bits per heavy atom. The molecule has 0 aromatic carbocycles. The maximum Gasteiger partial charge on any atom is 0.245 e. The van der Waals surface area contributed by atoms with Crippen LogP contribution in [0.3, 0.4) is 0 Å². The van der Waals surface area contributed by atoms with Crippen LogP contribution in [-0.4, -0.2) is 48.3 Å². The van der Waals surface area contributed by atoms with Crippen molar-refractivity contribution in [1.82, 2.24) is 10.3 Å². The Morgan fingerprint density at radius 1 is 1.65 bits per heavy atom. The van der Waals surface area contributed by atoms with Crippen LogP contribution in [0.25, 0.3) is 0 Å². The second-order valence-electron chi connectivity index (χ2n) is 4.82. The quantitative estimate of drug-likeness (QED) is 0.825. The van der Waals surface area contributed by atoms with Gasteiger partial charge in [0.15, 0.2) is 0 Å². The van der Waals surface area contributed by atoms with Crippen molar-refractivity contribution in [2.75, 3.05) is 31.2 Å². The number of aliphatic hydroxyl groups excluding tert-OH is 1. The molecule has 1 amide bonds. The van der Waals surface area contributed by atoms with E-state index in [0.29, 0.717) is 26.3 Å². The first-order valence-electron chi connectivity index (χ1n) is 6.85.